The summed E-state index contributed by atoms with van der Waals surface area (Å²) in [5, 5.41) is 6.06. The lowest BCUT2D eigenvalue weighted by atomic mass is 10.0. The van der Waals surface area contributed by atoms with Gasteiger partial charge in [-0.05, 0) is 38.8 Å². The average Bonchev–Trinajstić information content (AvgIpc) is 3.16. The van der Waals surface area contributed by atoms with Crippen molar-refractivity contribution in [3.63, 3.8) is 0 Å². The van der Waals surface area contributed by atoms with Gasteiger partial charge in [-0.2, -0.15) is 0 Å². The minimum absolute atomic E-state index is 0.0877. The van der Waals surface area contributed by atoms with Crippen LogP contribution in [0.5, 0.6) is 0 Å². The van der Waals surface area contributed by atoms with Gasteiger partial charge in [0.05, 0.1) is 24.6 Å². The Hall–Kier alpha value is -1.79. The number of morpholine rings is 1. The summed E-state index contributed by atoms with van der Waals surface area (Å²) < 4.78 is 5.42. The summed E-state index contributed by atoms with van der Waals surface area (Å²) in [6, 6.07) is 7.90. The van der Waals surface area contributed by atoms with E-state index < -0.39 is 0 Å². The third-order valence-corrected chi connectivity index (χ3v) is 5.15. The van der Waals surface area contributed by atoms with Crippen LogP contribution in [0, 0.1) is 0 Å². The average molecular weight is 346 g/mol. The predicted octanol–water partition coefficient (Wildman–Crippen LogP) is 2.52. The molecule has 6 nitrogen and oxygen atoms in total. The van der Waals surface area contributed by atoms with E-state index in [-0.39, 0.29) is 11.6 Å². The highest BCUT2D eigenvalue weighted by molar-refractivity contribution is 5.93. The van der Waals surface area contributed by atoms with Gasteiger partial charge in [0.15, 0.2) is 0 Å². The highest BCUT2D eigenvalue weighted by Gasteiger charge is 2.28. The fourth-order valence-electron chi connectivity index (χ4n) is 3.56. The predicted molar refractivity (Wildman–Crippen MR) is 101 cm³/mol. The lowest BCUT2D eigenvalue weighted by Crippen LogP contribution is -2.55. The van der Waals surface area contributed by atoms with Crippen LogP contribution in [-0.2, 0) is 4.74 Å². The standard InChI is InChI=1S/C19H30N4O2/c1-19(2,23-11-13-25-14-12-23)15-20-18(24)21-16-7-3-4-8-17(16)22-9-5-6-10-22/h3-4,7-8H,5-6,9-15H2,1-2H3,(H2,20,21,24). The number of benzene rings is 1. The molecule has 0 atom stereocenters. The number of nitrogens with zero attached hydrogens (tertiary/aromatic N) is 2. The molecule has 1 aromatic rings. The first-order valence-corrected chi connectivity index (χ1v) is 9.28. The van der Waals surface area contributed by atoms with E-state index in [1.807, 2.05) is 18.2 Å². The topological polar surface area (TPSA) is 56.8 Å². The second kappa shape index (κ2) is 8.06. The molecule has 0 aliphatic carbocycles. The molecule has 0 radical (unpaired) electrons. The van der Waals surface area contributed by atoms with Crippen molar-refractivity contribution in [2.75, 3.05) is 56.2 Å². The lowest BCUT2D eigenvalue weighted by molar-refractivity contribution is -0.00863. The number of para-hydroxylation sites is 2. The summed E-state index contributed by atoms with van der Waals surface area (Å²) in [6.45, 7) is 10.4. The molecule has 2 amide bonds. The fraction of sp³-hybridized carbons (Fsp3) is 0.632. The van der Waals surface area contributed by atoms with Crippen LogP contribution in [0.25, 0.3) is 0 Å². The molecule has 2 saturated heterocycles. The van der Waals surface area contributed by atoms with Crippen molar-refractivity contribution in [3.05, 3.63) is 24.3 Å². The molecule has 0 saturated carbocycles. The number of hydrogen-bond donors (Lipinski definition) is 2. The van der Waals surface area contributed by atoms with Gasteiger partial charge >= 0.3 is 6.03 Å². The first-order valence-electron chi connectivity index (χ1n) is 9.28. The van der Waals surface area contributed by atoms with Gasteiger partial charge in [0, 0.05) is 38.3 Å². The van der Waals surface area contributed by atoms with Crippen molar-refractivity contribution in [1.82, 2.24) is 10.2 Å². The molecule has 2 fully saturated rings. The third-order valence-electron chi connectivity index (χ3n) is 5.15. The van der Waals surface area contributed by atoms with Gasteiger partial charge in [0.2, 0.25) is 0 Å². The summed E-state index contributed by atoms with van der Waals surface area (Å²) in [7, 11) is 0. The number of anilines is 2. The van der Waals surface area contributed by atoms with E-state index >= 15 is 0 Å². The van der Waals surface area contributed by atoms with E-state index in [0.29, 0.717) is 6.54 Å². The minimum atomic E-state index is -0.145. The molecular formula is C19H30N4O2. The SMILES string of the molecule is CC(C)(CNC(=O)Nc1ccccc1N1CCCC1)N1CCOCC1. The Morgan fingerprint density at radius 3 is 2.52 bits per heavy atom. The summed E-state index contributed by atoms with van der Waals surface area (Å²) >= 11 is 0. The van der Waals surface area contributed by atoms with E-state index in [9.17, 15) is 4.79 Å². The Bertz CT molecular complexity index is 579. The summed E-state index contributed by atoms with van der Waals surface area (Å²) in [4.78, 5) is 17.1. The van der Waals surface area contributed by atoms with Crippen LogP contribution in [0.2, 0.25) is 0 Å². The van der Waals surface area contributed by atoms with Crippen LogP contribution in [0.15, 0.2) is 24.3 Å². The largest absolute Gasteiger partial charge is 0.379 e. The maximum atomic E-state index is 12.4. The van der Waals surface area contributed by atoms with Crippen LogP contribution in [0.3, 0.4) is 0 Å². The van der Waals surface area contributed by atoms with E-state index in [0.717, 1.165) is 50.8 Å². The van der Waals surface area contributed by atoms with Crippen molar-refractivity contribution in [3.8, 4) is 0 Å². The van der Waals surface area contributed by atoms with Gasteiger partial charge in [-0.25, -0.2) is 4.79 Å². The molecule has 2 N–H and O–H groups in total. The van der Waals surface area contributed by atoms with Crippen molar-refractivity contribution >= 4 is 17.4 Å². The number of urea groups is 1. The summed E-state index contributed by atoms with van der Waals surface area (Å²) in [6.07, 6.45) is 2.43. The summed E-state index contributed by atoms with van der Waals surface area (Å²) in [5.74, 6) is 0. The summed E-state index contributed by atoms with van der Waals surface area (Å²) in [5.41, 5.74) is 1.91. The first kappa shape index (κ1) is 18.0. The first-order chi connectivity index (χ1) is 12.1. The zero-order chi connectivity index (χ0) is 17.7. The van der Waals surface area contributed by atoms with E-state index in [4.69, 9.17) is 4.74 Å². The van der Waals surface area contributed by atoms with E-state index in [1.165, 1.54) is 12.8 Å². The van der Waals surface area contributed by atoms with Crippen molar-refractivity contribution in [1.29, 1.82) is 0 Å². The Kier molecular flexibility index (Phi) is 5.81. The molecule has 0 bridgehead atoms. The van der Waals surface area contributed by atoms with Gasteiger partial charge in [0.1, 0.15) is 0 Å². The number of carbonyl (C=O) groups excluding carboxylic acids is 1. The number of amides is 2. The monoisotopic (exact) mass is 346 g/mol. The molecule has 2 aliphatic rings. The second-order valence-corrected chi connectivity index (χ2v) is 7.43. The van der Waals surface area contributed by atoms with E-state index in [2.05, 4.69) is 40.3 Å². The van der Waals surface area contributed by atoms with Gasteiger partial charge in [-0.3, -0.25) is 4.90 Å². The lowest BCUT2D eigenvalue weighted by Gasteiger charge is -2.40. The molecule has 0 aromatic heterocycles. The van der Waals surface area contributed by atoms with Gasteiger partial charge in [-0.15, -0.1) is 0 Å². The van der Waals surface area contributed by atoms with Crippen molar-refractivity contribution in [2.45, 2.75) is 32.2 Å². The molecule has 3 rings (SSSR count). The number of nitrogens with one attached hydrogen (secondary N) is 2. The molecule has 0 unspecified atom stereocenters. The maximum Gasteiger partial charge on any atom is 0.319 e. The Labute approximate surface area is 150 Å². The van der Waals surface area contributed by atoms with Crippen LogP contribution >= 0.6 is 0 Å². The minimum Gasteiger partial charge on any atom is -0.379 e. The third kappa shape index (κ3) is 4.64. The van der Waals surface area contributed by atoms with Crippen LogP contribution in [0.1, 0.15) is 26.7 Å². The molecule has 6 heteroatoms. The van der Waals surface area contributed by atoms with Gasteiger partial charge in [0.25, 0.3) is 0 Å². The van der Waals surface area contributed by atoms with Crippen molar-refractivity contribution < 1.29 is 9.53 Å². The number of ether oxygens (including phenoxy) is 1. The van der Waals surface area contributed by atoms with Crippen molar-refractivity contribution in [2.24, 2.45) is 0 Å². The Morgan fingerprint density at radius 2 is 1.80 bits per heavy atom. The maximum absolute atomic E-state index is 12.4. The Morgan fingerprint density at radius 1 is 1.12 bits per heavy atom. The fourth-order valence-corrected chi connectivity index (χ4v) is 3.56. The highest BCUT2D eigenvalue weighted by Crippen LogP contribution is 2.28. The van der Waals surface area contributed by atoms with Gasteiger partial charge in [-0.1, -0.05) is 12.1 Å². The number of rotatable bonds is 5. The molecule has 2 heterocycles. The van der Waals surface area contributed by atoms with Crippen LogP contribution < -0.4 is 15.5 Å². The Balaban J connectivity index is 1.56. The van der Waals surface area contributed by atoms with E-state index in [1.54, 1.807) is 0 Å². The quantitative estimate of drug-likeness (QED) is 0.860. The molecule has 0 spiro atoms. The second-order valence-electron chi connectivity index (χ2n) is 7.43. The zero-order valence-corrected chi connectivity index (χ0v) is 15.4. The van der Waals surface area contributed by atoms with Crippen LogP contribution in [-0.4, -0.2) is 62.4 Å². The van der Waals surface area contributed by atoms with Gasteiger partial charge < -0.3 is 20.3 Å². The smallest absolute Gasteiger partial charge is 0.319 e. The molecule has 25 heavy (non-hydrogen) atoms. The molecule has 138 valence electrons. The van der Waals surface area contributed by atoms with Crippen LogP contribution in [0.4, 0.5) is 16.2 Å². The highest BCUT2D eigenvalue weighted by atomic mass is 16.5. The number of hydrogen-bond acceptors (Lipinski definition) is 4. The number of carbonyl (C=O) groups is 1. The normalized spacial score (nSPS) is 19.0. The zero-order valence-electron chi connectivity index (χ0n) is 15.4. The molecule has 1 aromatic carbocycles. The molecule has 2 aliphatic heterocycles. The molecular weight excluding hydrogens is 316 g/mol.